The van der Waals surface area contributed by atoms with Gasteiger partial charge in [0.15, 0.2) is 17.3 Å². The number of Topliss-reactive ketones (excluding diaryl/α,β-unsaturated/α-hetero) is 1. The molecular formula is C18H16O6. The van der Waals surface area contributed by atoms with Crippen molar-refractivity contribution in [2.75, 3.05) is 21.3 Å². The predicted molar refractivity (Wildman–Crippen MR) is 87.1 cm³/mol. The number of fused-ring (bicyclic) bond motifs is 1. The highest BCUT2D eigenvalue weighted by Crippen LogP contribution is 2.38. The number of hydrogen-bond donors (Lipinski definition) is 1. The highest BCUT2D eigenvalue weighted by molar-refractivity contribution is 6.14. The first-order valence-corrected chi connectivity index (χ1v) is 7.14. The Morgan fingerprint density at radius 3 is 2.29 bits per heavy atom. The second-order valence-electron chi connectivity index (χ2n) is 5.07. The molecule has 6 heteroatoms. The van der Waals surface area contributed by atoms with E-state index in [9.17, 15) is 9.90 Å². The fraction of sp³-hybridized carbons (Fsp3) is 0.167. The lowest BCUT2D eigenvalue weighted by Gasteiger charge is -2.12. The maximum atomic E-state index is 12.4. The van der Waals surface area contributed by atoms with Gasteiger partial charge >= 0.3 is 0 Å². The Hall–Kier alpha value is -3.15. The molecule has 0 unspecified atom stereocenters. The average Bonchev–Trinajstić information content (AvgIpc) is 2.89. The van der Waals surface area contributed by atoms with Crippen molar-refractivity contribution in [3.63, 3.8) is 0 Å². The van der Waals surface area contributed by atoms with E-state index in [2.05, 4.69) is 0 Å². The van der Waals surface area contributed by atoms with Crippen LogP contribution in [0.2, 0.25) is 0 Å². The normalized spacial score (nSPS) is 14.3. The van der Waals surface area contributed by atoms with Gasteiger partial charge in [0.25, 0.3) is 0 Å². The molecule has 124 valence electrons. The summed E-state index contributed by atoms with van der Waals surface area (Å²) >= 11 is 0. The molecule has 0 amide bonds. The third-order valence-electron chi connectivity index (χ3n) is 3.68. The van der Waals surface area contributed by atoms with Crippen molar-refractivity contribution in [2.45, 2.75) is 0 Å². The Morgan fingerprint density at radius 2 is 1.62 bits per heavy atom. The number of methoxy groups -OCH3 is 3. The number of allylic oxidation sites excluding steroid dienone is 1. The quantitative estimate of drug-likeness (QED) is 0.870. The van der Waals surface area contributed by atoms with Crippen molar-refractivity contribution in [1.82, 2.24) is 0 Å². The molecule has 1 aliphatic heterocycles. The summed E-state index contributed by atoms with van der Waals surface area (Å²) < 4.78 is 21.4. The van der Waals surface area contributed by atoms with Crippen LogP contribution >= 0.6 is 0 Å². The Balaban J connectivity index is 2.05. The summed E-state index contributed by atoms with van der Waals surface area (Å²) in [5, 5.41) is 9.51. The van der Waals surface area contributed by atoms with Gasteiger partial charge in [-0.15, -0.1) is 0 Å². The van der Waals surface area contributed by atoms with Gasteiger partial charge in [0.2, 0.25) is 5.78 Å². The Labute approximate surface area is 138 Å². The Morgan fingerprint density at radius 1 is 0.958 bits per heavy atom. The number of ether oxygens (including phenoxy) is 4. The third kappa shape index (κ3) is 2.62. The number of phenolic OH excluding ortho intramolecular Hbond substituents is 1. The molecular weight excluding hydrogens is 312 g/mol. The van der Waals surface area contributed by atoms with E-state index in [1.54, 1.807) is 18.2 Å². The van der Waals surface area contributed by atoms with Crippen molar-refractivity contribution in [3.8, 4) is 28.7 Å². The van der Waals surface area contributed by atoms with Crippen LogP contribution in [-0.4, -0.2) is 32.2 Å². The van der Waals surface area contributed by atoms with Gasteiger partial charge in [0.05, 0.1) is 26.9 Å². The maximum absolute atomic E-state index is 12.4. The zero-order chi connectivity index (χ0) is 17.3. The number of ketones is 1. The van der Waals surface area contributed by atoms with Crippen LogP contribution in [0.4, 0.5) is 0 Å². The summed E-state index contributed by atoms with van der Waals surface area (Å²) in [6.07, 6.45) is 1.57. The molecule has 0 spiro atoms. The molecule has 1 N–H and O–H groups in total. The van der Waals surface area contributed by atoms with Crippen LogP contribution in [0.5, 0.6) is 28.7 Å². The van der Waals surface area contributed by atoms with Crippen molar-refractivity contribution < 1.29 is 28.8 Å². The smallest absolute Gasteiger partial charge is 0.231 e. The molecule has 0 aromatic heterocycles. The zero-order valence-corrected chi connectivity index (χ0v) is 13.5. The molecule has 3 rings (SSSR count). The number of aromatic hydroxyl groups is 1. The van der Waals surface area contributed by atoms with Crippen molar-refractivity contribution >= 4 is 11.9 Å². The SMILES string of the molecule is COc1cc(OC)c(OC)cc1C=C1Oc2cc(O)ccc2C1=O. The zero-order valence-electron chi connectivity index (χ0n) is 13.5. The first-order chi connectivity index (χ1) is 11.6. The van der Waals surface area contributed by atoms with E-state index in [-0.39, 0.29) is 17.3 Å². The number of carbonyl (C=O) groups excluding carboxylic acids is 1. The van der Waals surface area contributed by atoms with Crippen LogP contribution in [0.1, 0.15) is 15.9 Å². The molecule has 0 saturated carbocycles. The molecule has 0 radical (unpaired) electrons. The molecule has 6 nitrogen and oxygen atoms in total. The predicted octanol–water partition coefficient (Wildman–Crippen LogP) is 3.03. The minimum atomic E-state index is -0.262. The molecule has 0 aliphatic carbocycles. The number of rotatable bonds is 4. The summed E-state index contributed by atoms with van der Waals surface area (Å²) in [6.45, 7) is 0. The fourth-order valence-corrected chi connectivity index (χ4v) is 2.48. The first-order valence-electron chi connectivity index (χ1n) is 7.14. The topological polar surface area (TPSA) is 74.2 Å². The summed E-state index contributed by atoms with van der Waals surface area (Å²) in [7, 11) is 4.58. The van der Waals surface area contributed by atoms with Crippen LogP contribution in [0.25, 0.3) is 6.08 Å². The van der Waals surface area contributed by atoms with E-state index in [1.807, 2.05) is 0 Å². The summed E-state index contributed by atoms with van der Waals surface area (Å²) in [5.41, 5.74) is 1.01. The van der Waals surface area contributed by atoms with Gasteiger partial charge in [-0.25, -0.2) is 0 Å². The van der Waals surface area contributed by atoms with Crippen molar-refractivity contribution in [1.29, 1.82) is 0 Å². The molecule has 2 aromatic rings. The monoisotopic (exact) mass is 328 g/mol. The summed E-state index contributed by atoms with van der Waals surface area (Å²) in [4.78, 5) is 12.4. The molecule has 0 fully saturated rings. The lowest BCUT2D eigenvalue weighted by molar-refractivity contribution is 0.101. The highest BCUT2D eigenvalue weighted by Gasteiger charge is 2.28. The van der Waals surface area contributed by atoms with Crippen molar-refractivity contribution in [3.05, 3.63) is 47.2 Å². The minimum Gasteiger partial charge on any atom is -0.508 e. The van der Waals surface area contributed by atoms with E-state index in [0.29, 0.717) is 34.1 Å². The molecule has 2 aromatic carbocycles. The van der Waals surface area contributed by atoms with Gasteiger partial charge < -0.3 is 24.1 Å². The third-order valence-corrected chi connectivity index (χ3v) is 3.68. The minimum absolute atomic E-state index is 0.0338. The van der Waals surface area contributed by atoms with Crippen LogP contribution in [0.3, 0.4) is 0 Å². The fourth-order valence-electron chi connectivity index (χ4n) is 2.48. The Bertz CT molecular complexity index is 838. The van der Waals surface area contributed by atoms with Gasteiger partial charge in [-0.2, -0.15) is 0 Å². The van der Waals surface area contributed by atoms with E-state index in [0.717, 1.165) is 0 Å². The lowest BCUT2D eigenvalue weighted by atomic mass is 10.1. The number of carbonyl (C=O) groups is 1. The maximum Gasteiger partial charge on any atom is 0.231 e. The second-order valence-corrected chi connectivity index (χ2v) is 5.07. The van der Waals surface area contributed by atoms with Crippen LogP contribution in [0.15, 0.2) is 36.1 Å². The summed E-state index contributed by atoms with van der Waals surface area (Å²) in [6, 6.07) is 7.74. The first kappa shape index (κ1) is 15.7. The largest absolute Gasteiger partial charge is 0.508 e. The van der Waals surface area contributed by atoms with Crippen LogP contribution in [-0.2, 0) is 0 Å². The van der Waals surface area contributed by atoms with E-state index < -0.39 is 0 Å². The molecule has 1 heterocycles. The van der Waals surface area contributed by atoms with Crippen LogP contribution in [0, 0.1) is 0 Å². The van der Waals surface area contributed by atoms with Gasteiger partial charge in [0, 0.05) is 17.7 Å². The molecule has 0 atom stereocenters. The van der Waals surface area contributed by atoms with Gasteiger partial charge in [-0.1, -0.05) is 0 Å². The second kappa shape index (κ2) is 6.16. The Kier molecular flexibility index (Phi) is 4.04. The lowest BCUT2D eigenvalue weighted by Crippen LogP contribution is -2.00. The number of phenols is 1. The van der Waals surface area contributed by atoms with E-state index in [4.69, 9.17) is 18.9 Å². The molecule has 1 aliphatic rings. The standard InChI is InChI=1S/C18H16O6/c1-21-13-9-16(23-3)15(22-2)6-10(13)7-17-18(20)12-5-4-11(19)8-14(12)24-17/h4-9,19H,1-3H3. The number of hydrogen-bond acceptors (Lipinski definition) is 6. The van der Waals surface area contributed by atoms with Gasteiger partial charge in [-0.05, 0) is 24.3 Å². The van der Waals surface area contributed by atoms with Gasteiger partial charge in [0.1, 0.15) is 17.2 Å². The molecule has 0 saturated heterocycles. The number of benzene rings is 2. The summed E-state index contributed by atoms with van der Waals surface area (Å²) in [5.74, 6) is 1.77. The highest BCUT2D eigenvalue weighted by atomic mass is 16.5. The van der Waals surface area contributed by atoms with Crippen molar-refractivity contribution in [2.24, 2.45) is 0 Å². The molecule has 0 bridgehead atoms. The van der Waals surface area contributed by atoms with E-state index in [1.165, 1.54) is 39.5 Å². The average molecular weight is 328 g/mol. The van der Waals surface area contributed by atoms with E-state index >= 15 is 0 Å². The van der Waals surface area contributed by atoms with Gasteiger partial charge in [-0.3, -0.25) is 4.79 Å². The molecule has 24 heavy (non-hydrogen) atoms. The van der Waals surface area contributed by atoms with Crippen LogP contribution < -0.4 is 18.9 Å².